The van der Waals surface area contributed by atoms with Crippen LogP contribution in [0.25, 0.3) is 0 Å². The van der Waals surface area contributed by atoms with Gasteiger partial charge in [0.05, 0.1) is 12.0 Å². The summed E-state index contributed by atoms with van der Waals surface area (Å²) >= 11 is 0. The highest BCUT2D eigenvalue weighted by molar-refractivity contribution is 5.00. The average molecular weight is 276 g/mol. The zero-order valence-electron chi connectivity index (χ0n) is 12.9. The van der Waals surface area contributed by atoms with Crippen molar-refractivity contribution in [3.8, 4) is 0 Å². The number of nitrogens with zero attached hydrogens (tertiary/aromatic N) is 3. The van der Waals surface area contributed by atoms with E-state index in [9.17, 15) is 0 Å². The topological polar surface area (TPSA) is 33.1 Å². The number of nitrogens with one attached hydrogen (secondary N) is 1. The molecule has 1 aromatic heterocycles. The second kappa shape index (κ2) is 6.27. The highest BCUT2D eigenvalue weighted by Crippen LogP contribution is 2.30. The van der Waals surface area contributed by atoms with Gasteiger partial charge in [-0.3, -0.25) is 4.90 Å². The molecular weight excluding hydrogens is 248 g/mol. The van der Waals surface area contributed by atoms with Crippen molar-refractivity contribution in [1.29, 1.82) is 0 Å². The molecule has 20 heavy (non-hydrogen) atoms. The maximum atomic E-state index is 4.34. The summed E-state index contributed by atoms with van der Waals surface area (Å²) in [6.45, 7) is 9.17. The molecule has 0 spiro atoms. The predicted molar refractivity (Wildman–Crippen MR) is 81.6 cm³/mol. The van der Waals surface area contributed by atoms with Crippen molar-refractivity contribution in [2.75, 3.05) is 19.6 Å². The second-order valence-corrected chi connectivity index (χ2v) is 6.82. The van der Waals surface area contributed by atoms with Crippen molar-refractivity contribution in [2.45, 2.75) is 58.2 Å². The maximum Gasteiger partial charge on any atom is 0.0951 e. The molecule has 112 valence electrons. The Labute approximate surface area is 122 Å². The Bertz CT molecular complexity index is 416. The molecule has 1 atom stereocenters. The second-order valence-electron chi connectivity index (χ2n) is 6.82. The van der Waals surface area contributed by atoms with Crippen molar-refractivity contribution in [3.63, 3.8) is 0 Å². The lowest BCUT2D eigenvalue weighted by molar-refractivity contribution is 0.225. The first-order chi connectivity index (χ1) is 9.72. The Kier molecular flexibility index (Phi) is 4.41. The van der Waals surface area contributed by atoms with Crippen LogP contribution in [0.3, 0.4) is 0 Å². The first kappa shape index (κ1) is 14.1. The molecule has 3 rings (SSSR count). The molecule has 1 aliphatic carbocycles. The van der Waals surface area contributed by atoms with Gasteiger partial charge in [-0.1, -0.05) is 0 Å². The molecule has 1 unspecified atom stereocenters. The molecular formula is C16H28N4. The van der Waals surface area contributed by atoms with Gasteiger partial charge in [-0.2, -0.15) is 0 Å². The van der Waals surface area contributed by atoms with Crippen LogP contribution in [0.1, 0.15) is 51.3 Å². The van der Waals surface area contributed by atoms with Gasteiger partial charge in [0, 0.05) is 37.9 Å². The molecule has 1 saturated carbocycles. The lowest BCUT2D eigenvalue weighted by atomic mass is 10.2. The monoisotopic (exact) mass is 276 g/mol. The molecule has 4 heteroatoms. The van der Waals surface area contributed by atoms with Gasteiger partial charge >= 0.3 is 0 Å². The third-order valence-corrected chi connectivity index (χ3v) is 4.54. The third-order valence-electron chi connectivity index (χ3n) is 4.54. The summed E-state index contributed by atoms with van der Waals surface area (Å²) in [6.07, 6.45) is 9.55. The molecule has 1 saturated heterocycles. The van der Waals surface area contributed by atoms with Crippen molar-refractivity contribution in [2.24, 2.45) is 5.92 Å². The van der Waals surface area contributed by atoms with Crippen LogP contribution in [0, 0.1) is 5.92 Å². The molecule has 0 aromatic carbocycles. The van der Waals surface area contributed by atoms with Crippen molar-refractivity contribution in [1.82, 2.24) is 19.8 Å². The summed E-state index contributed by atoms with van der Waals surface area (Å²) in [5.74, 6) is 0.951. The zero-order chi connectivity index (χ0) is 13.9. The zero-order valence-corrected chi connectivity index (χ0v) is 12.9. The normalized spacial score (nSPS) is 23.1. The first-order valence-corrected chi connectivity index (χ1v) is 8.19. The van der Waals surface area contributed by atoms with Crippen LogP contribution >= 0.6 is 0 Å². The van der Waals surface area contributed by atoms with E-state index in [0.717, 1.165) is 12.5 Å². The van der Waals surface area contributed by atoms with Crippen molar-refractivity contribution in [3.05, 3.63) is 18.2 Å². The van der Waals surface area contributed by atoms with E-state index in [2.05, 4.69) is 33.6 Å². The van der Waals surface area contributed by atoms with Crippen LogP contribution in [-0.4, -0.2) is 40.1 Å². The van der Waals surface area contributed by atoms with Crippen LogP contribution in [0.5, 0.6) is 0 Å². The summed E-state index contributed by atoms with van der Waals surface area (Å²) < 4.78 is 2.31. The fourth-order valence-electron chi connectivity index (χ4n) is 3.24. The van der Waals surface area contributed by atoms with E-state index in [-0.39, 0.29) is 0 Å². The summed E-state index contributed by atoms with van der Waals surface area (Å²) in [7, 11) is 0. The van der Waals surface area contributed by atoms with E-state index in [1.807, 2.05) is 12.5 Å². The highest BCUT2D eigenvalue weighted by atomic mass is 15.2. The first-order valence-electron chi connectivity index (χ1n) is 8.19. The van der Waals surface area contributed by atoms with Gasteiger partial charge in [0.2, 0.25) is 0 Å². The molecule has 1 aliphatic heterocycles. The fourth-order valence-corrected chi connectivity index (χ4v) is 3.24. The quantitative estimate of drug-likeness (QED) is 0.830. The Morgan fingerprint density at radius 2 is 2.20 bits per heavy atom. The van der Waals surface area contributed by atoms with Gasteiger partial charge in [0.1, 0.15) is 0 Å². The van der Waals surface area contributed by atoms with Gasteiger partial charge in [-0.25, -0.2) is 4.98 Å². The van der Waals surface area contributed by atoms with E-state index >= 15 is 0 Å². The summed E-state index contributed by atoms with van der Waals surface area (Å²) in [6, 6.07) is 1.20. The van der Waals surface area contributed by atoms with Crippen LogP contribution < -0.4 is 5.32 Å². The van der Waals surface area contributed by atoms with E-state index in [0.29, 0.717) is 12.1 Å². The van der Waals surface area contributed by atoms with E-state index in [1.54, 1.807) is 0 Å². The maximum absolute atomic E-state index is 4.34. The van der Waals surface area contributed by atoms with Gasteiger partial charge in [0.15, 0.2) is 0 Å². The Morgan fingerprint density at radius 3 is 2.85 bits per heavy atom. The van der Waals surface area contributed by atoms with Gasteiger partial charge in [0.25, 0.3) is 0 Å². The van der Waals surface area contributed by atoms with Crippen LogP contribution in [0.2, 0.25) is 0 Å². The lowest BCUT2D eigenvalue weighted by Gasteiger charge is -2.26. The van der Waals surface area contributed by atoms with Gasteiger partial charge in [-0.15, -0.1) is 0 Å². The number of hydrogen-bond acceptors (Lipinski definition) is 3. The number of aromatic nitrogens is 2. The fraction of sp³-hybridized carbons (Fsp3) is 0.812. The molecule has 0 radical (unpaired) electrons. The summed E-state index contributed by atoms with van der Waals surface area (Å²) in [4.78, 5) is 6.99. The molecule has 2 aliphatic rings. The molecule has 2 fully saturated rings. The van der Waals surface area contributed by atoms with Crippen LogP contribution in [0.15, 0.2) is 12.5 Å². The van der Waals surface area contributed by atoms with E-state index in [4.69, 9.17) is 0 Å². The lowest BCUT2D eigenvalue weighted by Crippen LogP contribution is -2.38. The Balaban J connectivity index is 1.63. The molecule has 1 N–H and O–H groups in total. The van der Waals surface area contributed by atoms with Crippen molar-refractivity contribution < 1.29 is 0 Å². The SMILES string of the molecule is CC(C)n1cncc1CN(CC1CC1)CC1CCCN1. The minimum atomic E-state index is 0.500. The number of hydrogen-bond donors (Lipinski definition) is 1. The van der Waals surface area contributed by atoms with E-state index < -0.39 is 0 Å². The minimum absolute atomic E-state index is 0.500. The molecule has 4 nitrogen and oxygen atoms in total. The molecule has 0 amide bonds. The standard InChI is InChI=1S/C16H28N4/c1-13(2)20-12-17-8-16(20)11-19(9-14-5-6-14)10-15-4-3-7-18-15/h8,12-15,18H,3-7,9-11H2,1-2H3. The summed E-state index contributed by atoms with van der Waals surface area (Å²) in [5.41, 5.74) is 1.36. The average Bonchev–Trinajstić information content (AvgIpc) is 2.91. The predicted octanol–water partition coefficient (Wildman–Crippen LogP) is 2.43. The Hall–Kier alpha value is -0.870. The minimum Gasteiger partial charge on any atom is -0.331 e. The number of rotatable bonds is 7. The molecule has 2 heterocycles. The molecule has 1 aromatic rings. The van der Waals surface area contributed by atoms with E-state index in [1.165, 1.54) is 51.0 Å². The Morgan fingerprint density at radius 1 is 1.35 bits per heavy atom. The smallest absolute Gasteiger partial charge is 0.0951 e. The van der Waals surface area contributed by atoms with Crippen LogP contribution in [-0.2, 0) is 6.54 Å². The molecule has 0 bridgehead atoms. The van der Waals surface area contributed by atoms with Gasteiger partial charge < -0.3 is 9.88 Å². The summed E-state index contributed by atoms with van der Waals surface area (Å²) in [5, 5.41) is 3.63. The number of imidazole rings is 1. The van der Waals surface area contributed by atoms with Gasteiger partial charge in [-0.05, 0) is 52.0 Å². The van der Waals surface area contributed by atoms with Crippen LogP contribution in [0.4, 0.5) is 0 Å². The highest BCUT2D eigenvalue weighted by Gasteiger charge is 2.27. The third kappa shape index (κ3) is 3.61. The van der Waals surface area contributed by atoms with Crippen molar-refractivity contribution >= 4 is 0 Å². The largest absolute Gasteiger partial charge is 0.331 e.